The third-order valence-electron chi connectivity index (χ3n) is 8.81. The van der Waals surface area contributed by atoms with Gasteiger partial charge in [0.1, 0.15) is 36.4 Å². The molecule has 50 heavy (non-hydrogen) atoms. The number of hydrogen-bond donors (Lipinski definition) is 0. The molecule has 0 atom stereocenters. The minimum absolute atomic E-state index is 0.140. The summed E-state index contributed by atoms with van der Waals surface area (Å²) in [4.78, 5) is 26.6. The maximum Gasteiger partial charge on any atom is 0.434 e. The van der Waals surface area contributed by atoms with Gasteiger partial charge in [-0.3, -0.25) is 0 Å². The van der Waals surface area contributed by atoms with Gasteiger partial charge in [-0.25, -0.2) is 29.3 Å². The molecule has 11 nitrogen and oxygen atoms in total. The van der Waals surface area contributed by atoms with Gasteiger partial charge in [0.25, 0.3) is 0 Å². The number of aryl methyl sites for hydroxylation is 1. The summed E-state index contributed by atoms with van der Waals surface area (Å²) in [6.07, 6.45) is 2.46. The molecule has 5 heterocycles. The van der Waals surface area contributed by atoms with E-state index in [4.69, 9.17) is 24.2 Å². The molecule has 2 aliphatic rings. The molecule has 0 aromatic carbocycles. The van der Waals surface area contributed by atoms with E-state index in [-0.39, 0.29) is 42.7 Å². The quantitative estimate of drug-likeness (QED) is 0.0688. The number of rotatable bonds is 13. The molecule has 5 aromatic rings. The van der Waals surface area contributed by atoms with Crippen LogP contribution in [0.1, 0.15) is 60.3 Å². The third kappa shape index (κ3) is 7.08. The Morgan fingerprint density at radius 2 is 1.76 bits per heavy atom. The van der Waals surface area contributed by atoms with E-state index in [9.17, 15) is 13.2 Å². The number of alkyl halides is 3. The molecule has 0 radical (unpaired) electrons. The number of ether oxygens (including phenoxy) is 3. The molecule has 2 saturated carbocycles. The van der Waals surface area contributed by atoms with Gasteiger partial charge in [-0.1, -0.05) is 19.6 Å². The van der Waals surface area contributed by atoms with E-state index < -0.39 is 25.8 Å². The van der Waals surface area contributed by atoms with Crippen LogP contribution < -0.4 is 9.47 Å². The molecule has 5 aromatic heterocycles. The van der Waals surface area contributed by atoms with Crippen molar-refractivity contribution in [1.82, 2.24) is 39.0 Å². The number of hydrogen-bond acceptors (Lipinski definition) is 9. The molecule has 264 valence electrons. The smallest absolute Gasteiger partial charge is 0.434 e. The number of nitrogens with zero attached hydrogens (tertiary/aromatic N) is 8. The molecule has 0 N–H and O–H groups in total. The second-order valence-electron chi connectivity index (χ2n) is 14.1. The van der Waals surface area contributed by atoms with Gasteiger partial charge < -0.3 is 23.3 Å². The van der Waals surface area contributed by atoms with Gasteiger partial charge in [-0.2, -0.15) is 18.2 Å². The van der Waals surface area contributed by atoms with Gasteiger partial charge in [-0.05, 0) is 50.8 Å². The average Bonchev–Trinajstić information content (AvgIpc) is 4.00. The number of imidazole rings is 1. The van der Waals surface area contributed by atoms with Crippen molar-refractivity contribution in [3.05, 3.63) is 59.3 Å². The lowest BCUT2D eigenvalue weighted by Gasteiger charge is -2.17. The van der Waals surface area contributed by atoms with Crippen LogP contribution in [0.3, 0.4) is 0 Å². The zero-order valence-corrected chi connectivity index (χ0v) is 29.5. The van der Waals surface area contributed by atoms with Crippen molar-refractivity contribution in [2.45, 2.75) is 89.8 Å². The molecule has 0 unspecified atom stereocenters. The van der Waals surface area contributed by atoms with Crippen molar-refractivity contribution >= 4 is 19.1 Å². The number of methoxy groups -OCH3 is 1. The Hall–Kier alpha value is -4.44. The highest BCUT2D eigenvalue weighted by atomic mass is 28.3. The van der Waals surface area contributed by atoms with Crippen LogP contribution >= 0.6 is 0 Å². The molecule has 0 aliphatic heterocycles. The fourth-order valence-electron chi connectivity index (χ4n) is 5.79. The Morgan fingerprint density at radius 1 is 0.980 bits per heavy atom. The van der Waals surface area contributed by atoms with E-state index in [1.54, 1.807) is 0 Å². The van der Waals surface area contributed by atoms with Crippen LogP contribution in [0.15, 0.2) is 30.9 Å². The SMILES string of the molecule is COc1ncnc(C2CC2)c1-c1nc(OCc2cnc(-c3nc(C(F)(F)F)cn3C3CC3)c(F)c2)c2c(cc(C)n2COCC[Si](C)(C)C)n1. The summed E-state index contributed by atoms with van der Waals surface area (Å²) < 4.78 is 77.4. The van der Waals surface area contributed by atoms with Gasteiger partial charge in [0.15, 0.2) is 23.2 Å². The van der Waals surface area contributed by atoms with Crippen molar-refractivity contribution in [2.24, 2.45) is 0 Å². The lowest BCUT2D eigenvalue weighted by molar-refractivity contribution is -0.140. The monoisotopic (exact) mass is 710 g/mol. The maximum absolute atomic E-state index is 15.6. The molecular formula is C34H38F4N8O3Si. The summed E-state index contributed by atoms with van der Waals surface area (Å²) in [7, 11) is 0.217. The Morgan fingerprint density at radius 3 is 2.42 bits per heavy atom. The maximum atomic E-state index is 15.6. The minimum atomic E-state index is -4.66. The van der Waals surface area contributed by atoms with Crippen LogP contribution in [0, 0.1) is 12.7 Å². The Kier molecular flexibility index (Phi) is 8.86. The van der Waals surface area contributed by atoms with Gasteiger partial charge in [0.2, 0.25) is 11.8 Å². The van der Waals surface area contributed by atoms with Crippen LogP contribution in [-0.4, -0.2) is 60.8 Å². The lowest BCUT2D eigenvalue weighted by Crippen LogP contribution is -2.22. The highest BCUT2D eigenvalue weighted by molar-refractivity contribution is 6.76. The largest absolute Gasteiger partial charge is 0.480 e. The van der Waals surface area contributed by atoms with Crippen molar-refractivity contribution in [2.75, 3.05) is 13.7 Å². The predicted octanol–water partition coefficient (Wildman–Crippen LogP) is 7.73. The zero-order valence-electron chi connectivity index (χ0n) is 28.5. The Bertz CT molecular complexity index is 2050. The summed E-state index contributed by atoms with van der Waals surface area (Å²) in [6.45, 7) is 9.53. The van der Waals surface area contributed by atoms with Crippen LogP contribution in [0.5, 0.6) is 11.8 Å². The molecule has 0 bridgehead atoms. The van der Waals surface area contributed by atoms with Gasteiger partial charge in [-0.15, -0.1) is 0 Å². The molecule has 2 aliphatic carbocycles. The number of aromatic nitrogens is 8. The standard InChI is InChI=1S/C34H38F4N8O3Si/c1-19-12-24-29(46(19)18-48-10-11-50(3,4)5)33(44-30(42-24)26-27(21-6-7-21)40-17-41-32(26)47-2)49-16-20-13-23(35)28(39-14-20)31-43-25(34(36,37)38)15-45(31)22-8-9-22/h12-15,17,21-22H,6-11,16,18H2,1-5H3. The van der Waals surface area contributed by atoms with Crippen LogP contribution in [0.2, 0.25) is 25.7 Å². The van der Waals surface area contributed by atoms with E-state index in [2.05, 4.69) is 39.6 Å². The first kappa shape index (κ1) is 34.0. The second-order valence-corrected chi connectivity index (χ2v) is 19.7. The van der Waals surface area contributed by atoms with E-state index in [1.165, 1.54) is 30.3 Å². The number of halogens is 4. The van der Waals surface area contributed by atoms with Crippen LogP contribution in [-0.2, 0) is 24.3 Å². The normalized spacial score (nSPS) is 15.2. The molecule has 0 amide bonds. The Balaban J connectivity index is 1.24. The summed E-state index contributed by atoms with van der Waals surface area (Å²) in [5, 5.41) is 0. The van der Waals surface area contributed by atoms with E-state index >= 15 is 4.39 Å². The first-order valence-corrected chi connectivity index (χ1v) is 20.3. The van der Waals surface area contributed by atoms with Crippen LogP contribution in [0.25, 0.3) is 33.9 Å². The zero-order chi connectivity index (χ0) is 35.4. The minimum Gasteiger partial charge on any atom is -0.480 e. The molecule has 2 fully saturated rings. The van der Waals surface area contributed by atoms with Crippen molar-refractivity contribution in [3.8, 4) is 34.7 Å². The van der Waals surface area contributed by atoms with Crippen molar-refractivity contribution in [1.29, 1.82) is 0 Å². The Labute approximate surface area is 287 Å². The molecule has 7 rings (SSSR count). The molecule has 0 saturated heterocycles. The fourth-order valence-corrected chi connectivity index (χ4v) is 6.55. The molecule has 0 spiro atoms. The van der Waals surface area contributed by atoms with Crippen molar-refractivity contribution in [3.63, 3.8) is 0 Å². The third-order valence-corrected chi connectivity index (χ3v) is 10.5. The van der Waals surface area contributed by atoms with Crippen molar-refractivity contribution < 1.29 is 31.8 Å². The van der Waals surface area contributed by atoms with Gasteiger partial charge in [0, 0.05) is 50.3 Å². The van der Waals surface area contributed by atoms with E-state index in [0.29, 0.717) is 53.3 Å². The summed E-state index contributed by atoms with van der Waals surface area (Å²) >= 11 is 0. The second kappa shape index (κ2) is 13.0. The number of pyridine rings is 1. The fraction of sp³-hybridized carbons (Fsp3) is 0.471. The molecule has 16 heteroatoms. The highest BCUT2D eigenvalue weighted by Gasteiger charge is 2.38. The number of fused-ring (bicyclic) bond motifs is 1. The summed E-state index contributed by atoms with van der Waals surface area (Å²) in [5.41, 5.74) is 2.48. The first-order valence-electron chi connectivity index (χ1n) is 16.6. The van der Waals surface area contributed by atoms with E-state index in [1.807, 2.05) is 17.6 Å². The lowest BCUT2D eigenvalue weighted by atomic mass is 10.1. The predicted molar refractivity (Wildman–Crippen MR) is 179 cm³/mol. The summed E-state index contributed by atoms with van der Waals surface area (Å²) in [5.74, 6) is 0.180. The topological polar surface area (TPSA) is 115 Å². The first-order chi connectivity index (χ1) is 23.8. The average molecular weight is 711 g/mol. The van der Waals surface area contributed by atoms with Gasteiger partial charge in [0.05, 0.1) is 18.3 Å². The molecular weight excluding hydrogens is 673 g/mol. The van der Waals surface area contributed by atoms with Gasteiger partial charge >= 0.3 is 6.18 Å². The highest BCUT2D eigenvalue weighted by Crippen LogP contribution is 2.46. The van der Waals surface area contributed by atoms with Crippen LogP contribution in [0.4, 0.5) is 17.6 Å². The summed E-state index contributed by atoms with van der Waals surface area (Å²) in [6, 6.07) is 3.96. The van der Waals surface area contributed by atoms with E-state index in [0.717, 1.165) is 36.5 Å².